The van der Waals surface area contributed by atoms with Gasteiger partial charge in [-0.3, -0.25) is 0 Å². The van der Waals surface area contributed by atoms with Gasteiger partial charge in [0.05, 0.1) is 0 Å². The predicted octanol–water partition coefficient (Wildman–Crippen LogP) is 7.96. The van der Waals surface area contributed by atoms with E-state index in [1.54, 1.807) is 0 Å². The van der Waals surface area contributed by atoms with Crippen molar-refractivity contribution in [1.82, 2.24) is 5.32 Å². The Bertz CT molecular complexity index is 1260. The summed E-state index contributed by atoms with van der Waals surface area (Å²) in [7, 11) is 1.88. The molecule has 158 valence electrons. The molecule has 4 aromatic carbocycles. The van der Waals surface area contributed by atoms with Gasteiger partial charge >= 0.3 is 0 Å². The molecule has 1 N–H and O–H groups in total. The van der Waals surface area contributed by atoms with Crippen LogP contribution in [0.25, 0.3) is 27.5 Å². The Hall–Kier alpha value is -3.84. The lowest BCUT2D eigenvalue weighted by Crippen LogP contribution is -1.96. The van der Waals surface area contributed by atoms with E-state index in [0.717, 1.165) is 11.1 Å². The molecular weight excluding hydrogens is 386 g/mol. The molecule has 0 saturated heterocycles. The third-order valence-corrected chi connectivity index (χ3v) is 5.94. The number of fused-ring (bicyclic) bond motifs is 1. The van der Waals surface area contributed by atoms with Crippen LogP contribution in [0.2, 0.25) is 0 Å². The molecule has 1 nitrogen and oxygen atoms in total. The Morgan fingerprint density at radius 2 is 1.38 bits per heavy atom. The summed E-state index contributed by atoms with van der Waals surface area (Å²) in [5, 5.41) is 5.55. The molecule has 0 radical (unpaired) electrons. The Morgan fingerprint density at radius 3 is 2.06 bits per heavy atom. The Kier molecular flexibility index (Phi) is 6.67. The monoisotopic (exact) mass is 415 g/mol. The summed E-state index contributed by atoms with van der Waals surface area (Å²) >= 11 is 0. The molecule has 4 aromatic rings. The van der Waals surface area contributed by atoms with E-state index in [1.807, 2.05) is 31.5 Å². The van der Waals surface area contributed by atoms with Crippen molar-refractivity contribution >= 4 is 16.3 Å². The topological polar surface area (TPSA) is 12.0 Å². The number of nitrogens with one attached hydrogen (secondary N) is 1. The molecule has 1 unspecified atom stereocenters. The van der Waals surface area contributed by atoms with Gasteiger partial charge < -0.3 is 5.32 Å². The normalized spacial score (nSPS) is 12.4. The SMILES string of the molecule is C=C(/C=C\C=C/NC)c1ccc(-c2ccc(C(C)c3ccc4ccccc4c3)cc2)cc1. The lowest BCUT2D eigenvalue weighted by atomic mass is 9.90. The molecule has 0 aliphatic heterocycles. The van der Waals surface area contributed by atoms with Crippen LogP contribution in [0, 0.1) is 0 Å². The standard InChI is InChI=1S/C31H29N/c1-23(8-6-7-21-32-3)25-11-15-28(16-12-25)29-17-13-26(14-18-29)24(2)30-20-19-27-9-4-5-10-31(27)22-30/h4-22,24,32H,1H2,2-3H3/b8-6-,21-7-. The first-order valence-electron chi connectivity index (χ1n) is 11.0. The fourth-order valence-electron chi connectivity index (χ4n) is 3.93. The van der Waals surface area contributed by atoms with Crippen LogP contribution in [0.3, 0.4) is 0 Å². The average Bonchev–Trinajstić information content (AvgIpc) is 2.86. The molecule has 32 heavy (non-hydrogen) atoms. The van der Waals surface area contributed by atoms with Gasteiger partial charge in [-0.05, 0) is 56.4 Å². The van der Waals surface area contributed by atoms with E-state index in [9.17, 15) is 0 Å². The van der Waals surface area contributed by atoms with E-state index in [1.165, 1.54) is 33.0 Å². The molecule has 0 fully saturated rings. The fraction of sp³-hybridized carbons (Fsp3) is 0.0968. The van der Waals surface area contributed by atoms with Gasteiger partial charge in [0, 0.05) is 13.0 Å². The van der Waals surface area contributed by atoms with Crippen molar-refractivity contribution in [3.05, 3.63) is 139 Å². The molecular formula is C31H29N. The van der Waals surface area contributed by atoms with Crippen LogP contribution in [0.4, 0.5) is 0 Å². The highest BCUT2D eigenvalue weighted by molar-refractivity contribution is 5.83. The zero-order valence-corrected chi connectivity index (χ0v) is 18.8. The lowest BCUT2D eigenvalue weighted by Gasteiger charge is -2.14. The molecule has 0 amide bonds. The molecule has 0 aromatic heterocycles. The minimum atomic E-state index is 0.350. The van der Waals surface area contributed by atoms with E-state index in [0.29, 0.717) is 5.92 Å². The Morgan fingerprint density at radius 1 is 0.750 bits per heavy atom. The van der Waals surface area contributed by atoms with E-state index in [4.69, 9.17) is 0 Å². The van der Waals surface area contributed by atoms with Crippen molar-refractivity contribution in [3.8, 4) is 11.1 Å². The molecule has 1 heteroatoms. The molecule has 0 saturated carbocycles. The van der Waals surface area contributed by atoms with Gasteiger partial charge in [-0.15, -0.1) is 0 Å². The van der Waals surface area contributed by atoms with E-state index < -0.39 is 0 Å². The van der Waals surface area contributed by atoms with Gasteiger partial charge in [0.1, 0.15) is 0 Å². The number of benzene rings is 4. The van der Waals surface area contributed by atoms with E-state index >= 15 is 0 Å². The second-order valence-electron chi connectivity index (χ2n) is 8.06. The van der Waals surface area contributed by atoms with Crippen LogP contribution in [-0.4, -0.2) is 7.05 Å². The minimum absolute atomic E-state index is 0.350. The molecule has 0 spiro atoms. The van der Waals surface area contributed by atoms with Crippen molar-refractivity contribution in [2.45, 2.75) is 12.8 Å². The first-order valence-corrected chi connectivity index (χ1v) is 11.0. The van der Waals surface area contributed by atoms with Crippen LogP contribution in [0.5, 0.6) is 0 Å². The second kappa shape index (κ2) is 9.98. The zero-order valence-electron chi connectivity index (χ0n) is 18.8. The highest BCUT2D eigenvalue weighted by atomic mass is 14.8. The smallest absolute Gasteiger partial charge is 0.00612 e. The molecule has 0 aliphatic carbocycles. The van der Waals surface area contributed by atoms with E-state index in [2.05, 4.69) is 110 Å². The summed E-state index contributed by atoms with van der Waals surface area (Å²) in [6.45, 7) is 6.44. The average molecular weight is 416 g/mol. The minimum Gasteiger partial charge on any atom is -0.394 e. The molecule has 0 bridgehead atoms. The quantitative estimate of drug-likeness (QED) is 0.302. The molecule has 0 aliphatic rings. The summed E-state index contributed by atoms with van der Waals surface area (Å²) in [6, 6.07) is 32.9. The fourth-order valence-corrected chi connectivity index (χ4v) is 3.93. The maximum atomic E-state index is 4.16. The van der Waals surface area contributed by atoms with Gasteiger partial charge in [-0.2, -0.15) is 0 Å². The summed E-state index contributed by atoms with van der Waals surface area (Å²) in [5.41, 5.74) is 7.24. The maximum absolute atomic E-state index is 4.16. The number of allylic oxidation sites excluding steroid dienone is 4. The number of hydrogen-bond donors (Lipinski definition) is 1. The van der Waals surface area contributed by atoms with Crippen molar-refractivity contribution in [2.75, 3.05) is 7.05 Å². The Labute approximate surface area is 191 Å². The highest BCUT2D eigenvalue weighted by Gasteiger charge is 2.09. The summed E-state index contributed by atoms with van der Waals surface area (Å²) in [6.07, 6.45) is 7.85. The third-order valence-electron chi connectivity index (χ3n) is 5.94. The number of hydrogen-bond acceptors (Lipinski definition) is 1. The van der Waals surface area contributed by atoms with Gasteiger partial charge in [0.2, 0.25) is 0 Å². The summed E-state index contributed by atoms with van der Waals surface area (Å²) in [4.78, 5) is 0. The van der Waals surface area contributed by atoms with Crippen LogP contribution in [0.1, 0.15) is 29.5 Å². The summed E-state index contributed by atoms with van der Waals surface area (Å²) in [5.74, 6) is 0.350. The maximum Gasteiger partial charge on any atom is 0.00612 e. The Balaban J connectivity index is 1.48. The number of rotatable bonds is 7. The van der Waals surface area contributed by atoms with Gasteiger partial charge in [-0.25, -0.2) is 0 Å². The van der Waals surface area contributed by atoms with Crippen LogP contribution in [-0.2, 0) is 0 Å². The van der Waals surface area contributed by atoms with Crippen molar-refractivity contribution in [1.29, 1.82) is 0 Å². The first-order chi connectivity index (χ1) is 15.7. The third kappa shape index (κ3) is 4.90. The van der Waals surface area contributed by atoms with Crippen molar-refractivity contribution in [2.24, 2.45) is 0 Å². The van der Waals surface area contributed by atoms with E-state index in [-0.39, 0.29) is 0 Å². The highest BCUT2D eigenvalue weighted by Crippen LogP contribution is 2.29. The van der Waals surface area contributed by atoms with Gasteiger partial charge in [-0.1, -0.05) is 117 Å². The predicted molar refractivity (Wildman–Crippen MR) is 140 cm³/mol. The van der Waals surface area contributed by atoms with Crippen LogP contribution >= 0.6 is 0 Å². The zero-order chi connectivity index (χ0) is 22.3. The molecule has 1 atom stereocenters. The van der Waals surface area contributed by atoms with Crippen molar-refractivity contribution < 1.29 is 0 Å². The van der Waals surface area contributed by atoms with Crippen LogP contribution < -0.4 is 5.32 Å². The molecule has 0 heterocycles. The summed E-state index contributed by atoms with van der Waals surface area (Å²) < 4.78 is 0. The van der Waals surface area contributed by atoms with Gasteiger partial charge in [0.25, 0.3) is 0 Å². The van der Waals surface area contributed by atoms with Crippen LogP contribution in [0.15, 0.2) is 122 Å². The van der Waals surface area contributed by atoms with Gasteiger partial charge in [0.15, 0.2) is 0 Å². The van der Waals surface area contributed by atoms with Crippen molar-refractivity contribution in [3.63, 3.8) is 0 Å². The second-order valence-corrected chi connectivity index (χ2v) is 8.06. The largest absolute Gasteiger partial charge is 0.394 e. The first kappa shape index (κ1) is 21.4. The lowest BCUT2D eigenvalue weighted by molar-refractivity contribution is 0.925. The molecule has 4 rings (SSSR count).